The van der Waals surface area contributed by atoms with Crippen LogP contribution < -0.4 is 277 Å². The molecule has 30 aliphatic rings. The zero-order chi connectivity index (χ0) is 93.7. The van der Waals surface area contributed by atoms with Crippen molar-refractivity contribution in [1.82, 2.24) is 0 Å². The van der Waals surface area contributed by atoms with Crippen molar-refractivity contribution in [1.29, 1.82) is 0 Å². The Kier molecular flexibility index (Phi) is 71.6. The molecule has 0 aromatic rings. The number of hydrogen-bond acceptors (Lipinski definition) is 56. The van der Waals surface area contributed by atoms with E-state index in [1.807, 2.05) is 0 Å². The van der Waals surface area contributed by atoms with Crippen LogP contribution in [-0.4, -0.2) is 467 Å². The van der Waals surface area contributed by atoms with Crippen LogP contribution in [0.25, 0.3) is 0 Å². The number of ether oxygens (including phenoxy) is 16. The van der Waals surface area contributed by atoms with Crippen LogP contribution in [0.2, 0.25) is 0 Å². The summed E-state index contributed by atoms with van der Waals surface area (Å²) < 4.78 is 99.6. The SMILES string of the molecule is O=C([O-])CCSC[C@@H]1O[C@H]2O[C@@H]3[C@@H](O)[C@H](O)[C@H](O[C@@H]4[C@@H](O)[C@H](O)[C@H](O[C@@H]5[C@@H](O)[C@H](O)[C@H](O[C@@H]6[C@@H](O)[C@@H](O)[C@H](O[C@@H]7[C@@H](O)[C@H](O)[C@H](O[C@@H]8[C@@H](O)[C@H](O)[C@H](O[C@@H]9[C@@H](O)[C@H](O)[C@H](O[C@@H]1[C@@H](O)[C@@H]2O)O[C@H]9CSCCC(=O)[O-])O[C@H]8CSCCC(=O)[O-])O[C@H]7CSCCC(=O)[O-])O[C@H]6CSCCC(=O)[O-])O[C@H]5CSCCC(=O)[O-])O[C@H]4CSCCC(=O)[O-])O[C@H]3CSCCC(=O)[O-].[Na+].[Na+].[Na+].[Na+].[Na+].[Na+].[Na+].[Na+]. The number of rotatable bonds is 40. The maximum atomic E-state index is 12.2. The number of aliphatic carboxylic acids is 8. The third-order valence-corrected chi connectivity index (χ3v) is 29.8. The fourth-order valence-electron chi connectivity index (χ4n) is 14.6. The van der Waals surface area contributed by atoms with Gasteiger partial charge >= 0.3 is 236 Å². The molecule has 16 N–H and O–H groups in total. The van der Waals surface area contributed by atoms with Gasteiger partial charge in [-0.2, -0.15) is 94.1 Å². The Morgan fingerprint density at radius 1 is 0.162 bits per heavy atom. The Hall–Kier alpha value is 5.28. The summed E-state index contributed by atoms with van der Waals surface area (Å²) in [5, 5.41) is 288. The third-order valence-electron chi connectivity index (χ3n) is 21.3. The minimum absolute atomic E-state index is 0. The van der Waals surface area contributed by atoms with Crippen LogP contribution in [-0.2, 0) is 114 Å². The van der Waals surface area contributed by atoms with E-state index in [1.165, 1.54) is 0 Å². The normalized spacial score (nSPS) is 39.1. The van der Waals surface area contributed by atoms with Crippen molar-refractivity contribution in [2.75, 3.05) is 92.0 Å². The van der Waals surface area contributed by atoms with Crippen LogP contribution in [0, 0.1) is 0 Å². The average Bonchev–Trinajstić information content (AvgIpc) is 0.802. The van der Waals surface area contributed by atoms with E-state index in [2.05, 4.69) is 0 Å². The third kappa shape index (κ3) is 41.5. The van der Waals surface area contributed by atoms with Gasteiger partial charge < -0.3 is 237 Å². The molecule has 64 heteroatoms. The second-order valence-electron chi connectivity index (χ2n) is 30.6. The molecule has 0 unspecified atom stereocenters. The maximum Gasteiger partial charge on any atom is 1.00 e. The van der Waals surface area contributed by atoms with E-state index in [4.69, 9.17) is 75.8 Å². The molecule has 0 saturated carbocycles. The molecule has 0 spiro atoms. The van der Waals surface area contributed by atoms with Crippen LogP contribution in [0.4, 0.5) is 0 Å². The van der Waals surface area contributed by atoms with Gasteiger partial charge in [-0.25, -0.2) is 0 Å². The molecule has 48 nitrogen and oxygen atoms in total. The van der Waals surface area contributed by atoms with Crippen LogP contribution >= 0.6 is 94.1 Å². The van der Waals surface area contributed by atoms with Gasteiger partial charge in [0.1, 0.15) is 146 Å². The Morgan fingerprint density at radius 2 is 0.250 bits per heavy atom. The topological polar surface area (TPSA) is 792 Å². The van der Waals surface area contributed by atoms with Gasteiger partial charge in [-0.05, 0) is 97.4 Å². The monoisotopic (exact) mass is 2180 g/mol. The molecule has 30 heterocycles. The zero-order valence-corrected chi connectivity index (χ0v) is 98.1. The number of carbonyl (C=O) groups excluding carboxylic acids is 8. The van der Waals surface area contributed by atoms with E-state index < -0.39 is 391 Å². The Bertz CT molecular complexity index is 2870. The standard InChI is InChI=1S/C72H112O48S8.8Na/c73-33(74)1-9-121-17-25-57-41(89)49(97)65(105-25)114-58-26(18-122-10-2-34(75)76)107-67(51(99)43(58)91)116-60-28(20-124-12-4-36(79)80)109-69(53(101)45(60)93)118-62-30(22-126-14-6-38(83)84)111-71(55(103)47(62)95)120-64-32(24-128-16-8-40(87)88)112-72(56(104)48(64)96)119-63-31(23-127-15-7-39(85)86)110-70(54(102)46(63)94)117-61-29(21-125-13-5-37(81)82)108-68(52(100)44(61)92)115-59-27(19-123-11-3-35(77)78)106-66(113-57)50(98)42(59)90;;;;;;;;/h25-32,41-72,89-104H,1-24H2,(H,73,74)(H,75,76)(H,77,78)(H,79,80)(H,81,82)(H,83,84)(H,85,86)(H,87,88);;;;;;;;/q;8*+1/p-8/t25-,26-,27-,28-,29-,30-,31-,32-,41-,42-,43-,44-,45-,46-,47-,48-,49-,50-,51-,52-,53-,54-,55-,56+,57-,58-,59-,60-,61-,62-,63-,64-,65-,66-,67-,68-,69-,70-,71-,72-;;;;;;;;/m0......../s1. The molecule has 16 bridgehead atoms. The van der Waals surface area contributed by atoms with Crippen LogP contribution in [0.5, 0.6) is 0 Å². The van der Waals surface area contributed by atoms with Crippen molar-refractivity contribution in [2.45, 2.75) is 297 Å². The molecular formula is C72H104Na8O48S8. The summed E-state index contributed by atoms with van der Waals surface area (Å²) in [6, 6.07) is 0. The molecule has 0 aromatic heterocycles. The molecule has 0 aliphatic carbocycles. The van der Waals surface area contributed by atoms with E-state index >= 15 is 0 Å². The van der Waals surface area contributed by atoms with E-state index in [9.17, 15) is 161 Å². The van der Waals surface area contributed by atoms with E-state index in [-0.39, 0.29) is 282 Å². The second-order valence-corrected chi connectivity index (χ2v) is 39.8. The fourth-order valence-corrected chi connectivity index (χ4v) is 22.5. The molecule has 30 saturated heterocycles. The number of carboxylic acids is 8. The summed E-state index contributed by atoms with van der Waals surface area (Å²) in [5.74, 6) is -17.6. The van der Waals surface area contributed by atoms with Gasteiger partial charge in [0.25, 0.3) is 0 Å². The number of aliphatic hydroxyl groups is 16. The number of aliphatic hydroxyl groups excluding tert-OH is 16. The van der Waals surface area contributed by atoms with Gasteiger partial charge in [-0.3, -0.25) is 0 Å². The first-order chi connectivity index (χ1) is 60.7. The fraction of sp³-hybridized carbons (Fsp3) is 0.889. The predicted octanol–water partition coefficient (Wildman–Crippen LogP) is -42.3. The molecule has 736 valence electrons. The average molecular weight is 2180 g/mol. The van der Waals surface area contributed by atoms with Crippen molar-refractivity contribution in [2.24, 2.45) is 0 Å². The van der Waals surface area contributed by atoms with Crippen molar-refractivity contribution < 1.29 is 473 Å². The largest absolute Gasteiger partial charge is 1.00 e. The minimum Gasteiger partial charge on any atom is -0.550 e. The van der Waals surface area contributed by atoms with Crippen molar-refractivity contribution in [3.05, 3.63) is 0 Å². The molecular weight excluding hydrogens is 2070 g/mol. The first-order valence-electron chi connectivity index (χ1n) is 40.3. The second kappa shape index (κ2) is 69.9. The van der Waals surface area contributed by atoms with Gasteiger partial charge in [0.2, 0.25) is 0 Å². The molecule has 40 atom stereocenters. The van der Waals surface area contributed by atoms with Crippen LogP contribution in [0.3, 0.4) is 0 Å². The number of carbonyl (C=O) groups is 8. The Balaban J connectivity index is 0.0000116. The van der Waals surface area contributed by atoms with E-state index in [0.29, 0.717) is 0 Å². The van der Waals surface area contributed by atoms with Crippen LogP contribution in [0.1, 0.15) is 51.4 Å². The molecule has 30 rings (SSSR count). The number of hydrogen-bond donors (Lipinski definition) is 16. The molecule has 0 radical (unpaired) electrons. The molecule has 0 amide bonds. The zero-order valence-electron chi connectivity index (χ0n) is 75.5. The van der Waals surface area contributed by atoms with Crippen molar-refractivity contribution in [3.8, 4) is 0 Å². The summed E-state index contributed by atoms with van der Waals surface area (Å²) in [7, 11) is 0. The summed E-state index contributed by atoms with van der Waals surface area (Å²) >= 11 is 6.55. The Labute approximate surface area is 990 Å². The molecule has 30 fully saturated rings. The Morgan fingerprint density at radius 3 is 0.331 bits per heavy atom. The van der Waals surface area contributed by atoms with E-state index in [1.54, 1.807) is 0 Å². The first kappa shape index (κ1) is 139. The summed E-state index contributed by atoms with van der Waals surface area (Å²) in [4.78, 5) is 93.3. The molecule has 30 aliphatic heterocycles. The van der Waals surface area contributed by atoms with Gasteiger partial charge in [0.05, 0.1) is 48.8 Å². The first-order valence-corrected chi connectivity index (χ1v) is 49.6. The smallest absolute Gasteiger partial charge is 0.550 e. The summed E-state index contributed by atoms with van der Waals surface area (Å²) in [6.45, 7) is 0. The van der Waals surface area contributed by atoms with E-state index in [0.717, 1.165) is 94.1 Å². The van der Waals surface area contributed by atoms with Gasteiger partial charge in [-0.15, -0.1) is 0 Å². The van der Waals surface area contributed by atoms with Gasteiger partial charge in [0, 0.05) is 93.8 Å². The van der Waals surface area contributed by atoms with Crippen molar-refractivity contribution >= 4 is 142 Å². The molecule has 136 heavy (non-hydrogen) atoms. The van der Waals surface area contributed by atoms with Gasteiger partial charge in [-0.1, -0.05) is 0 Å². The summed E-state index contributed by atoms with van der Waals surface area (Å²) in [5.41, 5.74) is 0. The molecule has 0 aromatic carbocycles. The van der Waals surface area contributed by atoms with Crippen LogP contribution in [0.15, 0.2) is 0 Å². The maximum absolute atomic E-state index is 12.2. The number of thioether (sulfide) groups is 8. The van der Waals surface area contributed by atoms with Crippen molar-refractivity contribution in [3.63, 3.8) is 0 Å². The van der Waals surface area contributed by atoms with Gasteiger partial charge in [0.15, 0.2) is 50.3 Å². The summed E-state index contributed by atoms with van der Waals surface area (Å²) in [6.07, 6.45) is -88.6. The quantitative estimate of drug-likeness (QED) is 0.0200. The predicted molar refractivity (Wildman–Crippen MR) is 420 cm³/mol. The number of carboxylic acid groups (broad SMARTS) is 8. The minimum atomic E-state index is -2.36.